The van der Waals surface area contributed by atoms with Crippen LogP contribution in [0.3, 0.4) is 0 Å². The number of nitrogens with zero attached hydrogens (tertiary/aromatic N) is 2. The van der Waals surface area contributed by atoms with Crippen LogP contribution < -0.4 is 4.72 Å². The predicted molar refractivity (Wildman–Crippen MR) is 131 cm³/mol. The van der Waals surface area contributed by atoms with E-state index in [1.54, 1.807) is 12.1 Å². The molecule has 0 spiro atoms. The van der Waals surface area contributed by atoms with Gasteiger partial charge in [-0.3, -0.25) is 4.90 Å². The average molecular weight is 510 g/mol. The number of aromatic nitrogens is 1. The first kappa shape index (κ1) is 24.1. The Morgan fingerprint density at radius 2 is 2.06 bits per heavy atom. The fraction of sp³-hybridized carbons (Fsp3) is 0.348. The summed E-state index contributed by atoms with van der Waals surface area (Å²) in [6.45, 7) is 3.63. The Labute approximate surface area is 202 Å². The van der Waals surface area contributed by atoms with Gasteiger partial charge in [0, 0.05) is 34.8 Å². The fourth-order valence-electron chi connectivity index (χ4n) is 4.46. The number of rotatable bonds is 7. The van der Waals surface area contributed by atoms with Crippen LogP contribution in [0.5, 0.6) is 0 Å². The lowest BCUT2D eigenvalue weighted by Crippen LogP contribution is -2.37. The number of halogens is 2. The van der Waals surface area contributed by atoms with Crippen molar-refractivity contribution in [3.8, 4) is 0 Å². The van der Waals surface area contributed by atoms with Crippen molar-refractivity contribution in [1.82, 2.24) is 14.8 Å². The Morgan fingerprint density at radius 1 is 1.24 bits per heavy atom. The second kappa shape index (κ2) is 9.68. The summed E-state index contributed by atoms with van der Waals surface area (Å²) in [5, 5.41) is 5.87. The molecule has 2 aromatic carbocycles. The Bertz CT molecular complexity index is 1340. The molecule has 10 heteroatoms. The van der Waals surface area contributed by atoms with Gasteiger partial charge in [-0.1, -0.05) is 23.4 Å². The number of aryl methyl sites for hydroxylation is 1. The van der Waals surface area contributed by atoms with Gasteiger partial charge in [0.15, 0.2) is 5.58 Å². The van der Waals surface area contributed by atoms with Gasteiger partial charge in [0.2, 0.25) is 10.0 Å². The third kappa shape index (κ3) is 5.07. The van der Waals surface area contributed by atoms with Crippen molar-refractivity contribution in [2.45, 2.75) is 42.5 Å². The molecule has 0 unspecified atom stereocenters. The number of fused-ring (bicyclic) bond motifs is 2. The Kier molecular flexibility index (Phi) is 7.07. The van der Waals surface area contributed by atoms with Gasteiger partial charge in [0.25, 0.3) is 0 Å². The van der Waals surface area contributed by atoms with E-state index in [1.807, 2.05) is 24.3 Å². The Morgan fingerprint density at radius 3 is 2.88 bits per heavy atom. The Hall–Kier alpha value is -2.04. The molecule has 0 radical (unpaired) electrons. The van der Waals surface area contributed by atoms with Crippen LogP contribution in [0.1, 0.15) is 25.5 Å². The number of hydrogen-bond donors (Lipinski definition) is 1. The molecule has 1 N–H and O–H groups in total. The normalized spacial score (nSPS) is 19.3. The number of thiophene rings is 1. The second-order valence-electron chi connectivity index (χ2n) is 8.37. The van der Waals surface area contributed by atoms with E-state index < -0.39 is 10.0 Å². The van der Waals surface area contributed by atoms with Crippen LogP contribution in [0.25, 0.3) is 21.1 Å². The van der Waals surface area contributed by atoms with E-state index in [9.17, 15) is 12.8 Å². The van der Waals surface area contributed by atoms with E-state index in [0.29, 0.717) is 16.3 Å². The lowest BCUT2D eigenvalue weighted by molar-refractivity contribution is 0.263. The van der Waals surface area contributed by atoms with Gasteiger partial charge in [-0.2, -0.15) is 0 Å². The molecule has 6 nitrogen and oxygen atoms in total. The summed E-state index contributed by atoms with van der Waals surface area (Å²) >= 11 is 1.30. The minimum Gasteiger partial charge on any atom is -0.356 e. The average Bonchev–Trinajstić information content (AvgIpc) is 3.45. The highest BCUT2D eigenvalue weighted by Crippen LogP contribution is 2.30. The molecule has 2 aromatic heterocycles. The third-order valence-electron chi connectivity index (χ3n) is 6.06. The molecule has 3 heterocycles. The number of sulfonamides is 1. The van der Waals surface area contributed by atoms with E-state index in [2.05, 4.69) is 21.7 Å². The van der Waals surface area contributed by atoms with Gasteiger partial charge in [0.05, 0.1) is 5.69 Å². The van der Waals surface area contributed by atoms with E-state index in [4.69, 9.17) is 4.52 Å². The summed E-state index contributed by atoms with van der Waals surface area (Å²) in [4.78, 5) is 2.31. The molecule has 1 fully saturated rings. The number of hydrogen-bond acceptors (Lipinski definition) is 6. The minimum absolute atomic E-state index is 0. The molecule has 33 heavy (non-hydrogen) atoms. The highest BCUT2D eigenvalue weighted by Gasteiger charge is 2.32. The molecule has 176 valence electrons. The zero-order valence-corrected chi connectivity index (χ0v) is 20.5. The molecular formula is C23H25ClFN3O3S2. The van der Waals surface area contributed by atoms with Crippen molar-refractivity contribution >= 4 is 54.8 Å². The van der Waals surface area contributed by atoms with Crippen LogP contribution in [-0.2, 0) is 16.4 Å². The van der Waals surface area contributed by atoms with E-state index in [-0.39, 0.29) is 30.3 Å². The molecule has 1 aliphatic heterocycles. The second-order valence-corrected chi connectivity index (χ2v) is 11.4. The first-order chi connectivity index (χ1) is 15.4. The molecule has 0 saturated carbocycles. The SMILES string of the molecule is C[C@H]1C[C@H](NS(=O)(=O)c2cc3ccccc3s2)CN1CCCc1noc2cc(F)ccc12.Cl. The van der Waals surface area contributed by atoms with Crippen molar-refractivity contribution in [3.05, 3.63) is 60.0 Å². The van der Waals surface area contributed by atoms with Crippen LogP contribution in [-0.4, -0.2) is 43.6 Å². The summed E-state index contributed by atoms with van der Waals surface area (Å²) < 4.78 is 48.6. The monoisotopic (exact) mass is 509 g/mol. The summed E-state index contributed by atoms with van der Waals surface area (Å²) in [7, 11) is -3.55. The highest BCUT2D eigenvalue weighted by atomic mass is 35.5. The highest BCUT2D eigenvalue weighted by molar-refractivity contribution is 7.91. The maximum atomic E-state index is 13.3. The van der Waals surface area contributed by atoms with Crippen molar-refractivity contribution < 1.29 is 17.3 Å². The van der Waals surface area contributed by atoms with Gasteiger partial charge in [-0.15, -0.1) is 23.7 Å². The maximum Gasteiger partial charge on any atom is 0.250 e. The van der Waals surface area contributed by atoms with Crippen molar-refractivity contribution in [2.24, 2.45) is 0 Å². The van der Waals surface area contributed by atoms with Crippen LogP contribution >= 0.6 is 23.7 Å². The van der Waals surface area contributed by atoms with Crippen LogP contribution in [0.15, 0.2) is 57.3 Å². The summed E-state index contributed by atoms with van der Waals surface area (Å²) in [6.07, 6.45) is 2.36. The molecule has 0 aliphatic carbocycles. The topological polar surface area (TPSA) is 75.4 Å². The smallest absolute Gasteiger partial charge is 0.250 e. The quantitative estimate of drug-likeness (QED) is 0.380. The summed E-state index contributed by atoms with van der Waals surface area (Å²) in [5.41, 5.74) is 1.29. The van der Waals surface area contributed by atoms with Crippen molar-refractivity contribution in [2.75, 3.05) is 13.1 Å². The standard InChI is InChI=1S/C23H24FN3O3S2.ClH/c1-15-11-18(26-32(28,29)23-12-16-5-2-3-7-22(16)31-23)14-27(15)10-4-6-20-19-9-8-17(24)13-21(19)30-25-20;/h2-3,5,7-9,12-13,15,18,26H,4,6,10-11,14H2,1H3;1H/t15-,18-;/m0./s1. The van der Waals surface area contributed by atoms with Gasteiger partial charge in [-0.05, 0) is 62.4 Å². The molecule has 1 aliphatic rings. The van der Waals surface area contributed by atoms with Crippen LogP contribution in [0, 0.1) is 5.82 Å². The molecular weight excluding hydrogens is 485 g/mol. The van der Waals surface area contributed by atoms with Crippen molar-refractivity contribution in [1.29, 1.82) is 0 Å². The third-order valence-corrected chi connectivity index (χ3v) is 9.17. The molecule has 1 saturated heterocycles. The van der Waals surface area contributed by atoms with Crippen LogP contribution in [0.2, 0.25) is 0 Å². The van der Waals surface area contributed by atoms with Gasteiger partial charge < -0.3 is 4.52 Å². The van der Waals surface area contributed by atoms with Gasteiger partial charge >= 0.3 is 0 Å². The van der Waals surface area contributed by atoms with Crippen molar-refractivity contribution in [3.63, 3.8) is 0 Å². The van der Waals surface area contributed by atoms with Crippen LogP contribution in [0.4, 0.5) is 4.39 Å². The Balaban J connectivity index is 0.00000259. The summed E-state index contributed by atoms with van der Waals surface area (Å²) in [6, 6.07) is 14.1. The van der Waals surface area contributed by atoms with E-state index >= 15 is 0 Å². The summed E-state index contributed by atoms with van der Waals surface area (Å²) in [5.74, 6) is -0.338. The first-order valence-corrected chi connectivity index (χ1v) is 13.0. The molecule has 2 atom stereocenters. The fourth-order valence-corrected chi connectivity index (χ4v) is 7.11. The zero-order valence-electron chi connectivity index (χ0n) is 18.0. The zero-order chi connectivity index (χ0) is 22.3. The minimum atomic E-state index is -3.55. The molecule has 4 aromatic rings. The number of benzene rings is 2. The van der Waals surface area contributed by atoms with Gasteiger partial charge in [0.1, 0.15) is 10.0 Å². The molecule has 0 amide bonds. The first-order valence-electron chi connectivity index (χ1n) is 10.7. The van der Waals surface area contributed by atoms with E-state index in [0.717, 1.165) is 47.0 Å². The predicted octanol–water partition coefficient (Wildman–Crippen LogP) is 4.98. The molecule has 0 bridgehead atoms. The lowest BCUT2D eigenvalue weighted by atomic mass is 10.1. The largest absolute Gasteiger partial charge is 0.356 e. The maximum absolute atomic E-state index is 13.3. The number of likely N-dealkylation sites (tertiary alicyclic amines) is 1. The molecule has 5 rings (SSSR count). The lowest BCUT2D eigenvalue weighted by Gasteiger charge is -2.20. The van der Waals surface area contributed by atoms with E-state index in [1.165, 1.54) is 23.5 Å². The van der Waals surface area contributed by atoms with Gasteiger partial charge in [-0.25, -0.2) is 17.5 Å². The number of nitrogens with one attached hydrogen (secondary N) is 1.